The summed E-state index contributed by atoms with van der Waals surface area (Å²) < 4.78 is 10.5. The Balaban J connectivity index is 2.00. The van der Waals surface area contributed by atoms with Crippen LogP contribution < -0.4 is 14.9 Å². The minimum Gasteiger partial charge on any atom is -0.493 e. The molecule has 1 amide bonds. The molecule has 0 saturated carbocycles. The number of carbonyl (C=O) groups is 1. The average molecular weight is 372 g/mol. The molecule has 0 spiro atoms. The lowest BCUT2D eigenvalue weighted by Gasteiger charge is -2.11. The lowest BCUT2D eigenvalue weighted by Crippen LogP contribution is -2.27. The van der Waals surface area contributed by atoms with Crippen LogP contribution in [0.5, 0.6) is 11.5 Å². The van der Waals surface area contributed by atoms with Crippen LogP contribution in [0.2, 0.25) is 0 Å². The topological polar surface area (TPSA) is 59.9 Å². The van der Waals surface area contributed by atoms with Crippen molar-refractivity contribution in [1.29, 1.82) is 0 Å². The number of hydrogen-bond acceptors (Lipinski definition) is 5. The van der Waals surface area contributed by atoms with Gasteiger partial charge in [-0.2, -0.15) is 5.10 Å². The van der Waals surface area contributed by atoms with E-state index in [-0.39, 0.29) is 11.2 Å². The molecule has 1 atom stereocenters. The summed E-state index contributed by atoms with van der Waals surface area (Å²) in [5.41, 5.74) is 5.37. The second-order valence-electron chi connectivity index (χ2n) is 5.82. The van der Waals surface area contributed by atoms with E-state index in [2.05, 4.69) is 10.5 Å². The van der Waals surface area contributed by atoms with Gasteiger partial charge < -0.3 is 9.47 Å². The van der Waals surface area contributed by atoms with Crippen LogP contribution in [0.4, 0.5) is 0 Å². The van der Waals surface area contributed by atoms with Crippen molar-refractivity contribution in [2.75, 3.05) is 14.2 Å². The second-order valence-corrected chi connectivity index (χ2v) is 7.23. The third-order valence-electron chi connectivity index (χ3n) is 3.84. The van der Waals surface area contributed by atoms with Gasteiger partial charge >= 0.3 is 0 Å². The van der Waals surface area contributed by atoms with E-state index in [0.717, 1.165) is 10.5 Å². The molecule has 0 aliphatic rings. The predicted octanol–water partition coefficient (Wildman–Crippen LogP) is 4.03. The maximum atomic E-state index is 12.3. The number of benzene rings is 2. The highest BCUT2D eigenvalue weighted by Crippen LogP contribution is 2.28. The molecule has 0 aromatic heterocycles. The van der Waals surface area contributed by atoms with Crippen molar-refractivity contribution in [3.8, 4) is 11.5 Å². The molecule has 5 nitrogen and oxygen atoms in total. The molecule has 0 saturated heterocycles. The molecule has 0 aliphatic carbocycles. The third-order valence-corrected chi connectivity index (χ3v) is 4.95. The van der Waals surface area contributed by atoms with Gasteiger partial charge in [0.05, 0.1) is 25.2 Å². The first-order valence-electron chi connectivity index (χ1n) is 8.24. The Labute approximate surface area is 158 Å². The lowest BCUT2D eigenvalue weighted by atomic mass is 10.1. The molecule has 26 heavy (non-hydrogen) atoms. The van der Waals surface area contributed by atoms with E-state index in [0.29, 0.717) is 17.2 Å². The summed E-state index contributed by atoms with van der Waals surface area (Å²) in [6, 6.07) is 13.6. The van der Waals surface area contributed by atoms with E-state index in [1.165, 1.54) is 17.3 Å². The molecule has 0 fully saturated rings. The quantitative estimate of drug-likeness (QED) is 0.453. The summed E-state index contributed by atoms with van der Waals surface area (Å²) in [7, 11) is 3.17. The molecule has 2 aromatic carbocycles. The highest BCUT2D eigenvalue weighted by molar-refractivity contribution is 8.00. The summed E-state index contributed by atoms with van der Waals surface area (Å²) in [4.78, 5) is 13.3. The fourth-order valence-corrected chi connectivity index (χ4v) is 3.09. The van der Waals surface area contributed by atoms with E-state index >= 15 is 0 Å². The summed E-state index contributed by atoms with van der Waals surface area (Å²) in [5, 5.41) is 3.96. The standard InChI is InChI=1S/C20H24N2O3S/c1-13-6-9-17(10-7-13)26-15(3)20(23)22-21-14(2)16-8-11-18(24-4)19(12-16)25-5/h6-12,15H,1-5H3,(H,22,23)/b21-14-/t15-/m0/s1. The van der Waals surface area contributed by atoms with Crippen LogP contribution in [0.25, 0.3) is 0 Å². The maximum absolute atomic E-state index is 12.3. The van der Waals surface area contributed by atoms with Gasteiger partial charge in [-0.3, -0.25) is 4.79 Å². The first-order valence-corrected chi connectivity index (χ1v) is 9.12. The fraction of sp³-hybridized carbons (Fsp3) is 0.300. The number of ether oxygens (including phenoxy) is 2. The zero-order chi connectivity index (χ0) is 19.1. The zero-order valence-electron chi connectivity index (χ0n) is 15.7. The molecular formula is C20H24N2O3S. The number of thioether (sulfide) groups is 1. The SMILES string of the molecule is COc1ccc(/C(C)=N\NC(=O)[C@H](C)Sc2ccc(C)cc2)cc1OC. The van der Waals surface area contributed by atoms with E-state index in [9.17, 15) is 4.79 Å². The molecule has 6 heteroatoms. The van der Waals surface area contributed by atoms with Crippen molar-refractivity contribution in [3.05, 3.63) is 53.6 Å². The molecule has 2 rings (SSSR count). The van der Waals surface area contributed by atoms with Crippen molar-refractivity contribution in [1.82, 2.24) is 5.43 Å². The Kier molecular flexibility index (Phi) is 7.09. The van der Waals surface area contributed by atoms with Gasteiger partial charge in [-0.05, 0) is 51.1 Å². The summed E-state index contributed by atoms with van der Waals surface area (Å²) >= 11 is 1.50. The number of rotatable bonds is 7. The van der Waals surface area contributed by atoms with Crippen LogP contribution in [0, 0.1) is 6.92 Å². The van der Waals surface area contributed by atoms with Crippen LogP contribution >= 0.6 is 11.8 Å². The molecule has 0 bridgehead atoms. The van der Waals surface area contributed by atoms with Gasteiger partial charge in [0.2, 0.25) is 0 Å². The molecule has 0 heterocycles. The van der Waals surface area contributed by atoms with Crippen molar-refractivity contribution >= 4 is 23.4 Å². The first kappa shape index (κ1) is 19.8. The summed E-state index contributed by atoms with van der Waals surface area (Å²) in [5.74, 6) is 1.13. The van der Waals surface area contributed by atoms with Gasteiger partial charge in [0.25, 0.3) is 5.91 Å². The number of nitrogens with one attached hydrogen (secondary N) is 1. The van der Waals surface area contributed by atoms with Crippen LogP contribution in [0.15, 0.2) is 52.5 Å². The first-order chi connectivity index (χ1) is 12.4. The van der Waals surface area contributed by atoms with E-state index in [1.807, 2.05) is 63.2 Å². The molecule has 0 aliphatic heterocycles. The van der Waals surface area contributed by atoms with Crippen LogP contribution in [-0.4, -0.2) is 31.1 Å². The minimum absolute atomic E-state index is 0.143. The lowest BCUT2D eigenvalue weighted by molar-refractivity contribution is -0.120. The van der Waals surface area contributed by atoms with Crippen LogP contribution in [0.3, 0.4) is 0 Å². The van der Waals surface area contributed by atoms with Gasteiger partial charge in [0.1, 0.15) is 0 Å². The highest BCUT2D eigenvalue weighted by atomic mass is 32.2. The van der Waals surface area contributed by atoms with E-state index in [4.69, 9.17) is 9.47 Å². The monoisotopic (exact) mass is 372 g/mol. The van der Waals surface area contributed by atoms with E-state index in [1.54, 1.807) is 14.2 Å². The number of hydrazone groups is 1. The number of nitrogens with zero attached hydrogens (tertiary/aromatic N) is 1. The Bertz CT molecular complexity index is 788. The maximum Gasteiger partial charge on any atom is 0.253 e. The average Bonchev–Trinajstić information content (AvgIpc) is 2.66. The van der Waals surface area contributed by atoms with Crippen molar-refractivity contribution in [2.24, 2.45) is 5.10 Å². The van der Waals surface area contributed by atoms with Crippen LogP contribution in [0.1, 0.15) is 25.0 Å². The van der Waals surface area contributed by atoms with Crippen molar-refractivity contribution in [2.45, 2.75) is 30.9 Å². The molecule has 2 aromatic rings. The number of hydrogen-bond donors (Lipinski definition) is 1. The Morgan fingerprint density at radius 2 is 1.73 bits per heavy atom. The van der Waals surface area contributed by atoms with Crippen molar-refractivity contribution in [3.63, 3.8) is 0 Å². The number of amides is 1. The van der Waals surface area contributed by atoms with Gasteiger partial charge in [-0.1, -0.05) is 17.7 Å². The Morgan fingerprint density at radius 3 is 2.35 bits per heavy atom. The smallest absolute Gasteiger partial charge is 0.253 e. The van der Waals surface area contributed by atoms with E-state index < -0.39 is 0 Å². The molecule has 0 radical (unpaired) electrons. The normalized spacial score (nSPS) is 12.4. The number of carbonyl (C=O) groups excluding carboxylic acids is 1. The second kappa shape index (κ2) is 9.29. The number of aryl methyl sites for hydroxylation is 1. The Hall–Kier alpha value is -2.47. The highest BCUT2D eigenvalue weighted by Gasteiger charge is 2.14. The largest absolute Gasteiger partial charge is 0.493 e. The van der Waals surface area contributed by atoms with Gasteiger partial charge in [0, 0.05) is 10.5 Å². The van der Waals surface area contributed by atoms with Gasteiger partial charge in [-0.15, -0.1) is 11.8 Å². The fourth-order valence-electron chi connectivity index (χ4n) is 2.23. The van der Waals surface area contributed by atoms with Gasteiger partial charge in [-0.25, -0.2) is 5.43 Å². The number of methoxy groups -OCH3 is 2. The summed E-state index contributed by atoms with van der Waals surface area (Å²) in [6.07, 6.45) is 0. The van der Waals surface area contributed by atoms with Gasteiger partial charge in [0.15, 0.2) is 11.5 Å². The molecular weight excluding hydrogens is 348 g/mol. The summed E-state index contributed by atoms with van der Waals surface area (Å²) in [6.45, 7) is 5.73. The Morgan fingerprint density at radius 1 is 1.08 bits per heavy atom. The molecule has 0 unspecified atom stereocenters. The molecule has 1 N–H and O–H groups in total. The molecule has 138 valence electrons. The predicted molar refractivity (Wildman–Crippen MR) is 106 cm³/mol. The third kappa shape index (κ3) is 5.26. The zero-order valence-corrected chi connectivity index (χ0v) is 16.5. The van der Waals surface area contributed by atoms with Crippen LogP contribution in [-0.2, 0) is 4.79 Å². The minimum atomic E-state index is -0.250. The van der Waals surface area contributed by atoms with Crippen molar-refractivity contribution < 1.29 is 14.3 Å².